The van der Waals surface area contributed by atoms with E-state index < -0.39 is 5.97 Å². The van der Waals surface area contributed by atoms with Crippen molar-refractivity contribution in [3.63, 3.8) is 0 Å². The van der Waals surface area contributed by atoms with Gasteiger partial charge in [0.05, 0.1) is 0 Å². The molecule has 4 nitrogen and oxygen atoms in total. The SMILES string of the molecule is CCCCCCCCCCCC[13CH2][13CH2][13CH2][13C](=O)OC(CCCCCCCCC)CCCCCCCC(=O)O. The number of rotatable bonds is 31. The van der Waals surface area contributed by atoms with Crippen LogP contribution in [0.25, 0.3) is 0 Å². The average molecular weight is 543 g/mol. The van der Waals surface area contributed by atoms with Crippen LogP contribution in [0.1, 0.15) is 200 Å². The standard InChI is InChI=1S/C34H66O4/c1-3-5-7-9-11-12-13-14-15-16-18-23-27-31-34(37)38-32(28-24-20-17-10-8-6-4-2)29-25-21-19-22-26-30-33(35)36/h32H,3-31H2,1-2H3,(H,35,36)/i23+1,27+1,31+1,34+1. The third-order valence-electron chi connectivity index (χ3n) is 7.83. The molecule has 4 heteroatoms. The number of carbonyl (C=O) groups excluding carboxylic acids is 1. The van der Waals surface area contributed by atoms with Crippen LogP contribution in [-0.2, 0) is 14.3 Å². The molecular weight excluding hydrogens is 476 g/mol. The summed E-state index contributed by atoms with van der Waals surface area (Å²) in [6.45, 7) is 4.53. The molecule has 0 spiro atoms. The summed E-state index contributed by atoms with van der Waals surface area (Å²) < 4.78 is 5.95. The van der Waals surface area contributed by atoms with E-state index >= 15 is 0 Å². The van der Waals surface area contributed by atoms with Gasteiger partial charge in [0.2, 0.25) is 0 Å². The Morgan fingerprint density at radius 3 is 1.16 bits per heavy atom. The molecule has 0 rings (SSSR count). The van der Waals surface area contributed by atoms with Crippen molar-refractivity contribution in [2.75, 3.05) is 0 Å². The maximum Gasteiger partial charge on any atom is 0.306 e. The van der Waals surface area contributed by atoms with E-state index in [1.54, 1.807) is 0 Å². The van der Waals surface area contributed by atoms with Gasteiger partial charge in [0.25, 0.3) is 0 Å². The van der Waals surface area contributed by atoms with Crippen LogP contribution in [0.2, 0.25) is 0 Å². The fourth-order valence-electron chi connectivity index (χ4n) is 5.30. The Labute approximate surface area is 237 Å². The fraction of sp³-hybridized carbons (Fsp3) is 0.941. The van der Waals surface area contributed by atoms with Gasteiger partial charge >= 0.3 is 11.9 Å². The van der Waals surface area contributed by atoms with Crippen LogP contribution in [0.15, 0.2) is 0 Å². The molecule has 0 radical (unpaired) electrons. The highest BCUT2D eigenvalue weighted by molar-refractivity contribution is 5.69. The van der Waals surface area contributed by atoms with Crippen LogP contribution in [0.4, 0.5) is 0 Å². The Morgan fingerprint density at radius 1 is 0.474 bits per heavy atom. The highest BCUT2D eigenvalue weighted by Gasteiger charge is 2.14. The van der Waals surface area contributed by atoms with E-state index in [0.717, 1.165) is 64.2 Å². The van der Waals surface area contributed by atoms with Gasteiger partial charge in [0.1, 0.15) is 6.10 Å². The van der Waals surface area contributed by atoms with Crippen LogP contribution >= 0.6 is 0 Å². The molecule has 0 aliphatic rings. The number of ether oxygens (including phenoxy) is 1. The predicted molar refractivity (Wildman–Crippen MR) is 163 cm³/mol. The van der Waals surface area contributed by atoms with E-state index in [4.69, 9.17) is 9.84 Å². The minimum Gasteiger partial charge on any atom is -0.481 e. The summed E-state index contributed by atoms with van der Waals surface area (Å²) in [5.74, 6) is -0.697. The molecule has 1 N–H and O–H groups in total. The van der Waals surface area contributed by atoms with Crippen LogP contribution in [0.3, 0.4) is 0 Å². The number of hydrogen-bond acceptors (Lipinski definition) is 3. The van der Waals surface area contributed by atoms with Gasteiger partial charge in [-0.15, -0.1) is 0 Å². The van der Waals surface area contributed by atoms with Gasteiger partial charge in [-0.2, -0.15) is 0 Å². The van der Waals surface area contributed by atoms with Crippen LogP contribution < -0.4 is 0 Å². The molecule has 0 aliphatic heterocycles. The van der Waals surface area contributed by atoms with E-state index in [9.17, 15) is 9.59 Å². The van der Waals surface area contributed by atoms with Crippen molar-refractivity contribution >= 4 is 11.9 Å². The number of unbranched alkanes of at least 4 members (excludes halogenated alkanes) is 22. The van der Waals surface area contributed by atoms with Gasteiger partial charge in [0, 0.05) is 12.8 Å². The van der Waals surface area contributed by atoms with E-state index in [0.29, 0.717) is 6.42 Å². The fourth-order valence-corrected chi connectivity index (χ4v) is 5.30. The van der Waals surface area contributed by atoms with E-state index in [-0.39, 0.29) is 18.5 Å². The second kappa shape index (κ2) is 30.5. The Hall–Kier alpha value is -1.06. The second-order valence-electron chi connectivity index (χ2n) is 11.7. The summed E-state index contributed by atoms with van der Waals surface area (Å²) in [6.07, 6.45) is 34.0. The van der Waals surface area contributed by atoms with E-state index in [1.807, 2.05) is 0 Å². The lowest BCUT2D eigenvalue weighted by atomic mass is 10.0. The zero-order chi connectivity index (χ0) is 27.9. The third kappa shape index (κ3) is 29.5. The molecule has 226 valence electrons. The smallest absolute Gasteiger partial charge is 0.306 e. The molecule has 0 bridgehead atoms. The first-order valence-corrected chi connectivity index (χ1v) is 17.0. The molecule has 38 heavy (non-hydrogen) atoms. The maximum absolute atomic E-state index is 12.5. The van der Waals surface area contributed by atoms with Crippen molar-refractivity contribution in [3.05, 3.63) is 0 Å². The highest BCUT2D eigenvalue weighted by Crippen LogP contribution is 2.19. The molecule has 0 heterocycles. The first kappa shape index (κ1) is 36.9. The van der Waals surface area contributed by atoms with Gasteiger partial charge in [0.15, 0.2) is 0 Å². The quantitative estimate of drug-likeness (QED) is 0.0537. The molecule has 0 aromatic heterocycles. The van der Waals surface area contributed by atoms with Crippen LogP contribution in [0, 0.1) is 0 Å². The highest BCUT2D eigenvalue weighted by atomic mass is 16.6. The summed E-state index contributed by atoms with van der Waals surface area (Å²) >= 11 is 0. The molecular formula is C34H66O4. The molecule has 0 saturated heterocycles. The minimum atomic E-state index is -0.699. The molecule has 0 saturated carbocycles. The largest absolute Gasteiger partial charge is 0.481 e. The second-order valence-corrected chi connectivity index (χ2v) is 11.7. The summed E-state index contributed by atoms with van der Waals surface area (Å²) in [7, 11) is 0. The third-order valence-corrected chi connectivity index (χ3v) is 7.83. The first-order chi connectivity index (χ1) is 18.6. The Bertz CT molecular complexity index is 505. The maximum atomic E-state index is 12.5. The zero-order valence-corrected chi connectivity index (χ0v) is 25.8. The number of esters is 1. The lowest BCUT2D eigenvalue weighted by molar-refractivity contribution is -0.150. The number of aliphatic carboxylic acids is 1. The molecule has 0 aliphatic carbocycles. The minimum absolute atomic E-state index is 0.00229. The van der Waals surface area contributed by atoms with E-state index in [2.05, 4.69) is 13.8 Å². The van der Waals surface area contributed by atoms with Gasteiger partial charge in [-0.1, -0.05) is 149 Å². The summed E-state index contributed by atoms with van der Waals surface area (Å²) in [4.78, 5) is 23.2. The van der Waals surface area contributed by atoms with Gasteiger partial charge in [-0.25, -0.2) is 0 Å². The zero-order valence-electron chi connectivity index (χ0n) is 25.8. The lowest BCUT2D eigenvalue weighted by Crippen LogP contribution is -2.18. The Morgan fingerprint density at radius 2 is 0.789 bits per heavy atom. The van der Waals surface area contributed by atoms with Gasteiger partial charge in [-0.3, -0.25) is 9.59 Å². The molecule has 1 atom stereocenters. The van der Waals surface area contributed by atoms with Crippen LogP contribution in [-0.4, -0.2) is 23.1 Å². The predicted octanol–water partition coefficient (Wildman–Crippen LogP) is 11.3. The molecule has 0 amide bonds. The van der Waals surface area contributed by atoms with E-state index in [1.165, 1.54) is 109 Å². The molecule has 0 aromatic carbocycles. The van der Waals surface area contributed by atoms with Crippen molar-refractivity contribution in [2.45, 2.75) is 206 Å². The number of carbonyl (C=O) groups is 2. The molecule has 1 unspecified atom stereocenters. The topological polar surface area (TPSA) is 63.6 Å². The van der Waals surface area contributed by atoms with Crippen molar-refractivity contribution in [1.82, 2.24) is 0 Å². The van der Waals surface area contributed by atoms with Gasteiger partial charge < -0.3 is 9.84 Å². The average Bonchev–Trinajstić information content (AvgIpc) is 2.89. The Balaban J connectivity index is 3.94. The van der Waals surface area contributed by atoms with Crippen molar-refractivity contribution in [1.29, 1.82) is 0 Å². The number of carboxylic acids is 1. The monoisotopic (exact) mass is 543 g/mol. The first-order valence-electron chi connectivity index (χ1n) is 17.0. The van der Waals surface area contributed by atoms with Gasteiger partial charge in [-0.05, 0) is 38.5 Å². The number of hydrogen-bond donors (Lipinski definition) is 1. The summed E-state index contributed by atoms with van der Waals surface area (Å²) in [6, 6.07) is 0. The normalized spacial score (nSPS) is 12.1. The van der Waals surface area contributed by atoms with Crippen molar-refractivity contribution < 1.29 is 19.4 Å². The lowest BCUT2D eigenvalue weighted by Gasteiger charge is -2.18. The molecule has 0 fully saturated rings. The summed E-state index contributed by atoms with van der Waals surface area (Å²) in [5.41, 5.74) is 0. The van der Waals surface area contributed by atoms with Crippen molar-refractivity contribution in [2.24, 2.45) is 0 Å². The summed E-state index contributed by atoms with van der Waals surface area (Å²) in [5, 5.41) is 8.76. The molecule has 0 aromatic rings. The number of carboxylic acid groups (broad SMARTS) is 1. The van der Waals surface area contributed by atoms with Crippen molar-refractivity contribution in [3.8, 4) is 0 Å². The van der Waals surface area contributed by atoms with Crippen LogP contribution in [0.5, 0.6) is 0 Å². The Kier molecular flexibility index (Phi) is 29.6.